The van der Waals surface area contributed by atoms with Crippen LogP contribution in [0.3, 0.4) is 0 Å². The molecule has 0 fully saturated rings. The third-order valence-electron chi connectivity index (χ3n) is 4.60. The van der Waals surface area contributed by atoms with Gasteiger partial charge in [-0.2, -0.15) is 8.78 Å². The minimum absolute atomic E-state index is 0.113. The number of hydrogen-bond donors (Lipinski definition) is 1. The molecule has 1 aliphatic carbocycles. The minimum Gasteiger partial charge on any atom is -0.382 e. The van der Waals surface area contributed by atoms with Gasteiger partial charge in [0.25, 0.3) is 0 Å². The summed E-state index contributed by atoms with van der Waals surface area (Å²) in [5, 5.41) is 9.45. The van der Waals surface area contributed by atoms with Gasteiger partial charge in [0, 0.05) is 5.56 Å². The molecule has 126 valence electrons. The predicted octanol–water partition coefficient (Wildman–Crippen LogP) is 5.57. The fraction of sp³-hybridized carbons (Fsp3) is 0.333. The fourth-order valence-electron chi connectivity index (χ4n) is 3.10. The molecule has 0 aliphatic heterocycles. The average molecular weight is 328 g/mol. The standard InChI is InChI=1S/C21H22F2O/c1-2-3-4-5-15-6-8-16(9-7-15)17-10-12-19-18(14-17)11-13-20(24)21(19,22)23/h6-14,20,24H,2-5H2,1H3. The van der Waals surface area contributed by atoms with E-state index in [1.807, 2.05) is 12.1 Å². The summed E-state index contributed by atoms with van der Waals surface area (Å²) < 4.78 is 28.0. The van der Waals surface area contributed by atoms with E-state index in [1.165, 1.54) is 30.9 Å². The van der Waals surface area contributed by atoms with Gasteiger partial charge in [-0.05, 0) is 47.2 Å². The Morgan fingerprint density at radius 2 is 1.71 bits per heavy atom. The Bertz CT molecular complexity index is 732. The number of aliphatic hydroxyl groups is 1. The van der Waals surface area contributed by atoms with E-state index >= 15 is 0 Å². The van der Waals surface area contributed by atoms with Gasteiger partial charge in [0.05, 0.1) is 0 Å². The zero-order valence-electron chi connectivity index (χ0n) is 13.8. The van der Waals surface area contributed by atoms with Gasteiger partial charge >= 0.3 is 5.92 Å². The van der Waals surface area contributed by atoms with Crippen molar-refractivity contribution in [1.82, 2.24) is 0 Å². The Kier molecular flexibility index (Phi) is 4.81. The third-order valence-corrected chi connectivity index (χ3v) is 4.60. The number of halogens is 2. The third kappa shape index (κ3) is 3.27. The molecule has 0 spiro atoms. The number of benzene rings is 2. The van der Waals surface area contributed by atoms with Crippen LogP contribution in [-0.4, -0.2) is 11.2 Å². The molecule has 0 amide bonds. The van der Waals surface area contributed by atoms with Crippen LogP contribution in [0.25, 0.3) is 17.2 Å². The van der Waals surface area contributed by atoms with E-state index in [9.17, 15) is 13.9 Å². The second kappa shape index (κ2) is 6.86. The minimum atomic E-state index is -3.23. The Balaban J connectivity index is 1.83. The first kappa shape index (κ1) is 16.8. The second-order valence-electron chi connectivity index (χ2n) is 6.38. The average Bonchev–Trinajstić information content (AvgIpc) is 2.59. The van der Waals surface area contributed by atoms with Gasteiger partial charge in [-0.15, -0.1) is 0 Å². The zero-order valence-corrected chi connectivity index (χ0v) is 13.8. The van der Waals surface area contributed by atoms with Crippen LogP contribution < -0.4 is 0 Å². The number of aliphatic hydroxyl groups excluding tert-OH is 1. The summed E-state index contributed by atoms with van der Waals surface area (Å²) in [4.78, 5) is 0. The molecule has 2 aromatic rings. The van der Waals surface area contributed by atoms with Gasteiger partial charge in [0.15, 0.2) is 0 Å². The Hall–Kier alpha value is -2.00. The molecular weight excluding hydrogens is 306 g/mol. The van der Waals surface area contributed by atoms with Crippen LogP contribution in [0.1, 0.15) is 42.9 Å². The molecule has 2 aromatic carbocycles. The topological polar surface area (TPSA) is 20.2 Å². The van der Waals surface area contributed by atoms with Crippen molar-refractivity contribution in [2.45, 2.75) is 44.6 Å². The summed E-state index contributed by atoms with van der Waals surface area (Å²) in [6.45, 7) is 2.19. The maximum Gasteiger partial charge on any atom is 0.302 e. The quantitative estimate of drug-likeness (QED) is 0.712. The van der Waals surface area contributed by atoms with Crippen molar-refractivity contribution in [3.8, 4) is 11.1 Å². The molecule has 1 nitrogen and oxygen atoms in total. The smallest absolute Gasteiger partial charge is 0.302 e. The first-order valence-corrected chi connectivity index (χ1v) is 8.50. The highest BCUT2D eigenvalue weighted by atomic mass is 19.3. The highest BCUT2D eigenvalue weighted by Gasteiger charge is 2.42. The van der Waals surface area contributed by atoms with Crippen molar-refractivity contribution < 1.29 is 13.9 Å². The Morgan fingerprint density at radius 3 is 2.42 bits per heavy atom. The first-order valence-electron chi connectivity index (χ1n) is 8.50. The Morgan fingerprint density at radius 1 is 1.00 bits per heavy atom. The van der Waals surface area contributed by atoms with Crippen LogP contribution in [0.2, 0.25) is 0 Å². The number of alkyl halides is 2. The molecule has 0 saturated carbocycles. The second-order valence-corrected chi connectivity index (χ2v) is 6.38. The van der Waals surface area contributed by atoms with Crippen molar-refractivity contribution in [3.05, 3.63) is 65.2 Å². The maximum atomic E-state index is 14.0. The lowest BCUT2D eigenvalue weighted by atomic mass is 9.89. The van der Waals surface area contributed by atoms with Gasteiger partial charge in [-0.1, -0.05) is 62.2 Å². The molecule has 3 rings (SSSR count). The highest BCUT2D eigenvalue weighted by molar-refractivity contribution is 5.71. The van der Waals surface area contributed by atoms with E-state index in [-0.39, 0.29) is 5.56 Å². The summed E-state index contributed by atoms with van der Waals surface area (Å²) in [7, 11) is 0. The highest BCUT2D eigenvalue weighted by Crippen LogP contribution is 2.40. The SMILES string of the molecule is CCCCCc1ccc(-c2ccc3c(c2)C=CC(O)C3(F)F)cc1. The lowest BCUT2D eigenvalue weighted by Gasteiger charge is -2.26. The summed E-state index contributed by atoms with van der Waals surface area (Å²) >= 11 is 0. The van der Waals surface area contributed by atoms with Crippen molar-refractivity contribution >= 4 is 6.08 Å². The number of fused-ring (bicyclic) bond motifs is 1. The summed E-state index contributed by atoms with van der Waals surface area (Å²) in [6, 6.07) is 13.2. The van der Waals surface area contributed by atoms with E-state index in [0.29, 0.717) is 5.56 Å². The van der Waals surface area contributed by atoms with Gasteiger partial charge in [0.2, 0.25) is 0 Å². The van der Waals surface area contributed by atoms with E-state index < -0.39 is 12.0 Å². The van der Waals surface area contributed by atoms with Crippen molar-refractivity contribution in [3.63, 3.8) is 0 Å². The molecule has 24 heavy (non-hydrogen) atoms. The van der Waals surface area contributed by atoms with Crippen LogP contribution >= 0.6 is 0 Å². The van der Waals surface area contributed by atoms with Gasteiger partial charge in [-0.25, -0.2) is 0 Å². The van der Waals surface area contributed by atoms with E-state index in [1.54, 1.807) is 18.2 Å². The summed E-state index contributed by atoms with van der Waals surface area (Å²) in [6.07, 6.45) is 5.68. The van der Waals surface area contributed by atoms with E-state index in [0.717, 1.165) is 23.6 Å². The summed E-state index contributed by atoms with van der Waals surface area (Å²) in [5.41, 5.74) is 3.58. The molecule has 0 saturated heterocycles. The van der Waals surface area contributed by atoms with E-state index in [2.05, 4.69) is 19.1 Å². The van der Waals surface area contributed by atoms with Crippen LogP contribution in [0.4, 0.5) is 8.78 Å². The number of unbranched alkanes of at least 4 members (excludes halogenated alkanes) is 2. The van der Waals surface area contributed by atoms with Gasteiger partial charge < -0.3 is 5.11 Å². The van der Waals surface area contributed by atoms with Crippen LogP contribution in [0, 0.1) is 0 Å². The maximum absolute atomic E-state index is 14.0. The number of hydrogen-bond acceptors (Lipinski definition) is 1. The molecule has 3 heteroatoms. The predicted molar refractivity (Wildman–Crippen MR) is 94.0 cm³/mol. The van der Waals surface area contributed by atoms with Gasteiger partial charge in [-0.3, -0.25) is 0 Å². The largest absolute Gasteiger partial charge is 0.382 e. The molecule has 0 radical (unpaired) electrons. The van der Waals surface area contributed by atoms with Crippen LogP contribution in [-0.2, 0) is 12.3 Å². The van der Waals surface area contributed by atoms with Crippen molar-refractivity contribution in [2.24, 2.45) is 0 Å². The molecule has 1 N–H and O–H groups in total. The zero-order chi connectivity index (χ0) is 17.2. The number of aryl methyl sites for hydroxylation is 1. The normalized spacial score (nSPS) is 18.4. The van der Waals surface area contributed by atoms with E-state index in [4.69, 9.17) is 0 Å². The molecule has 0 bridgehead atoms. The first-order chi connectivity index (χ1) is 11.5. The van der Waals surface area contributed by atoms with Gasteiger partial charge in [0.1, 0.15) is 6.10 Å². The number of rotatable bonds is 5. The lowest BCUT2D eigenvalue weighted by Crippen LogP contribution is -2.32. The lowest BCUT2D eigenvalue weighted by molar-refractivity contribution is -0.0939. The van der Waals surface area contributed by atoms with Crippen LogP contribution in [0.15, 0.2) is 48.5 Å². The fourth-order valence-corrected chi connectivity index (χ4v) is 3.10. The van der Waals surface area contributed by atoms with Crippen molar-refractivity contribution in [1.29, 1.82) is 0 Å². The Labute approximate surface area is 141 Å². The van der Waals surface area contributed by atoms with Crippen LogP contribution in [0.5, 0.6) is 0 Å². The molecule has 1 unspecified atom stereocenters. The monoisotopic (exact) mass is 328 g/mol. The molecule has 1 atom stereocenters. The van der Waals surface area contributed by atoms with Crippen molar-refractivity contribution in [2.75, 3.05) is 0 Å². The molecular formula is C21H22F2O. The molecule has 0 aromatic heterocycles. The summed E-state index contributed by atoms with van der Waals surface area (Å²) in [5.74, 6) is -3.23. The molecule has 1 aliphatic rings. The molecule has 0 heterocycles.